The van der Waals surface area contributed by atoms with E-state index in [2.05, 4.69) is 66.7 Å². The number of hydrogen-bond acceptors (Lipinski definition) is 1. The van der Waals surface area contributed by atoms with Crippen molar-refractivity contribution in [2.45, 2.75) is 19.3 Å². The molecule has 0 saturated carbocycles. The zero-order chi connectivity index (χ0) is 20.1. The van der Waals surface area contributed by atoms with Crippen LogP contribution in [0.3, 0.4) is 0 Å². The molecule has 0 amide bonds. The SMILES string of the molecule is CCC(C(=O)O)c1cc2ccc3ccc4ccc5ccc6ccc1c1c6c5c4c3c21. The highest BCUT2D eigenvalue weighted by Crippen LogP contribution is 2.49. The van der Waals surface area contributed by atoms with Gasteiger partial charge in [0.2, 0.25) is 0 Å². The summed E-state index contributed by atoms with van der Waals surface area (Å²) in [5, 5.41) is 24.8. The van der Waals surface area contributed by atoms with Crippen molar-refractivity contribution in [3.63, 3.8) is 0 Å². The molecule has 0 heterocycles. The first kappa shape index (κ1) is 16.2. The fourth-order valence-corrected chi connectivity index (χ4v) is 5.83. The van der Waals surface area contributed by atoms with Crippen molar-refractivity contribution in [2.75, 3.05) is 0 Å². The van der Waals surface area contributed by atoms with Gasteiger partial charge in [0.15, 0.2) is 0 Å². The third-order valence-corrected chi connectivity index (χ3v) is 7.12. The molecule has 7 aromatic rings. The second-order valence-corrected chi connectivity index (χ2v) is 8.51. The minimum atomic E-state index is -0.753. The molecule has 1 unspecified atom stereocenters. The maximum atomic E-state index is 12.1. The zero-order valence-electron chi connectivity index (χ0n) is 16.5. The van der Waals surface area contributed by atoms with Crippen molar-refractivity contribution in [3.8, 4) is 0 Å². The molecule has 7 aromatic carbocycles. The van der Waals surface area contributed by atoms with Gasteiger partial charge in [0, 0.05) is 0 Å². The van der Waals surface area contributed by atoms with E-state index in [4.69, 9.17) is 0 Å². The molecule has 2 heteroatoms. The van der Waals surface area contributed by atoms with Crippen LogP contribution < -0.4 is 0 Å². The summed E-state index contributed by atoms with van der Waals surface area (Å²) in [7, 11) is 0. The van der Waals surface area contributed by atoms with E-state index in [1.807, 2.05) is 6.92 Å². The molecular formula is C28H18O2. The Morgan fingerprint density at radius 1 is 0.667 bits per heavy atom. The van der Waals surface area contributed by atoms with Gasteiger partial charge in [-0.05, 0) is 82.7 Å². The van der Waals surface area contributed by atoms with Crippen LogP contribution in [0.2, 0.25) is 0 Å². The van der Waals surface area contributed by atoms with Crippen molar-refractivity contribution < 1.29 is 9.90 Å². The molecule has 1 N–H and O–H groups in total. The lowest BCUT2D eigenvalue weighted by Gasteiger charge is -2.23. The third-order valence-electron chi connectivity index (χ3n) is 7.12. The highest BCUT2D eigenvalue weighted by Gasteiger charge is 2.25. The minimum absolute atomic E-state index is 0.505. The van der Waals surface area contributed by atoms with Gasteiger partial charge in [-0.3, -0.25) is 4.79 Å². The molecule has 142 valence electrons. The molecule has 0 radical (unpaired) electrons. The molecule has 0 spiro atoms. The second kappa shape index (κ2) is 5.28. The minimum Gasteiger partial charge on any atom is -0.481 e. The Morgan fingerprint density at radius 2 is 1.07 bits per heavy atom. The maximum Gasteiger partial charge on any atom is 0.310 e. The van der Waals surface area contributed by atoms with Crippen LogP contribution in [-0.2, 0) is 4.79 Å². The van der Waals surface area contributed by atoms with Gasteiger partial charge >= 0.3 is 5.97 Å². The van der Waals surface area contributed by atoms with Gasteiger partial charge in [0.1, 0.15) is 0 Å². The monoisotopic (exact) mass is 386 g/mol. The molecule has 0 saturated heterocycles. The van der Waals surface area contributed by atoms with Gasteiger partial charge in [-0.25, -0.2) is 0 Å². The Kier molecular flexibility index (Phi) is 2.85. The highest BCUT2D eigenvalue weighted by molar-refractivity contribution is 6.44. The van der Waals surface area contributed by atoms with E-state index in [-0.39, 0.29) is 0 Å². The molecule has 1 atom stereocenters. The largest absolute Gasteiger partial charge is 0.481 e. The Bertz CT molecular complexity index is 1700. The van der Waals surface area contributed by atoms with Gasteiger partial charge < -0.3 is 5.11 Å². The molecule has 0 bridgehead atoms. The number of rotatable bonds is 3. The number of carboxylic acid groups (broad SMARTS) is 1. The van der Waals surface area contributed by atoms with Crippen LogP contribution in [-0.4, -0.2) is 11.1 Å². The van der Waals surface area contributed by atoms with Gasteiger partial charge in [-0.15, -0.1) is 0 Å². The van der Waals surface area contributed by atoms with Crippen molar-refractivity contribution in [3.05, 3.63) is 72.3 Å². The molecule has 0 aromatic heterocycles. The number of hydrogen-bond donors (Lipinski definition) is 1. The summed E-state index contributed by atoms with van der Waals surface area (Å²) in [6.07, 6.45) is 0.576. The fraction of sp³-hybridized carbons (Fsp3) is 0.107. The van der Waals surface area contributed by atoms with E-state index >= 15 is 0 Å². The first-order chi connectivity index (χ1) is 14.7. The molecule has 0 aliphatic rings. The number of benzene rings is 7. The second-order valence-electron chi connectivity index (χ2n) is 8.51. The summed E-state index contributed by atoms with van der Waals surface area (Å²) in [4.78, 5) is 12.1. The first-order valence-corrected chi connectivity index (χ1v) is 10.5. The van der Waals surface area contributed by atoms with Crippen LogP contribution in [0.1, 0.15) is 24.8 Å². The third kappa shape index (κ3) is 1.74. The Hall–Kier alpha value is -3.65. The molecule has 0 fully saturated rings. The fourth-order valence-electron chi connectivity index (χ4n) is 5.83. The van der Waals surface area contributed by atoms with E-state index in [1.165, 1.54) is 53.9 Å². The number of carboxylic acids is 1. The van der Waals surface area contributed by atoms with Gasteiger partial charge in [0.05, 0.1) is 5.92 Å². The molecule has 7 rings (SSSR count). The topological polar surface area (TPSA) is 37.3 Å². The van der Waals surface area contributed by atoms with Crippen molar-refractivity contribution in [1.29, 1.82) is 0 Å². The summed E-state index contributed by atoms with van der Waals surface area (Å²) in [5.74, 6) is -1.26. The van der Waals surface area contributed by atoms with Crippen molar-refractivity contribution in [2.24, 2.45) is 0 Å². The number of aliphatic carboxylic acids is 1. The molecule has 2 nitrogen and oxygen atoms in total. The lowest BCUT2D eigenvalue weighted by molar-refractivity contribution is -0.138. The first-order valence-electron chi connectivity index (χ1n) is 10.5. The lowest BCUT2D eigenvalue weighted by Crippen LogP contribution is -2.11. The molecular weight excluding hydrogens is 368 g/mol. The van der Waals surface area contributed by atoms with Crippen LogP contribution in [0.4, 0.5) is 0 Å². The predicted octanol–water partition coefficient (Wildman–Crippen LogP) is 7.50. The van der Waals surface area contributed by atoms with Gasteiger partial charge in [-0.1, -0.05) is 67.6 Å². The van der Waals surface area contributed by atoms with Crippen LogP contribution >= 0.6 is 0 Å². The average molecular weight is 386 g/mol. The standard InChI is InChI=1S/C28H18O2/c1-2-19(28(29)30)21-13-18-10-9-16-6-4-14-3-5-15-7-8-17-11-12-20(21)27-25(17)23(15)22(14)24(16)26(18)27/h3-13,19H,2H2,1H3,(H,29,30). The summed E-state index contributed by atoms with van der Waals surface area (Å²) < 4.78 is 0. The maximum absolute atomic E-state index is 12.1. The van der Waals surface area contributed by atoms with Crippen LogP contribution in [0.25, 0.3) is 64.6 Å². The summed E-state index contributed by atoms with van der Waals surface area (Å²) in [6, 6.07) is 24.0. The predicted molar refractivity (Wildman–Crippen MR) is 126 cm³/mol. The molecule has 30 heavy (non-hydrogen) atoms. The van der Waals surface area contributed by atoms with E-state index in [0.29, 0.717) is 6.42 Å². The normalized spacial score (nSPS) is 13.8. The lowest BCUT2D eigenvalue weighted by atomic mass is 9.80. The smallest absolute Gasteiger partial charge is 0.310 e. The van der Waals surface area contributed by atoms with Crippen molar-refractivity contribution >= 4 is 70.6 Å². The van der Waals surface area contributed by atoms with Crippen LogP contribution in [0, 0.1) is 0 Å². The highest BCUT2D eigenvalue weighted by atomic mass is 16.4. The van der Waals surface area contributed by atoms with E-state index in [0.717, 1.165) is 16.3 Å². The molecule has 0 aliphatic heterocycles. The summed E-state index contributed by atoms with van der Waals surface area (Å²) >= 11 is 0. The van der Waals surface area contributed by atoms with Gasteiger partial charge in [0.25, 0.3) is 0 Å². The van der Waals surface area contributed by atoms with E-state index < -0.39 is 11.9 Å². The Balaban J connectivity index is 1.89. The van der Waals surface area contributed by atoms with E-state index in [1.54, 1.807) is 0 Å². The summed E-state index contributed by atoms with van der Waals surface area (Å²) in [5.41, 5.74) is 0.928. The van der Waals surface area contributed by atoms with Gasteiger partial charge in [-0.2, -0.15) is 0 Å². The zero-order valence-corrected chi connectivity index (χ0v) is 16.5. The summed E-state index contributed by atoms with van der Waals surface area (Å²) in [6.45, 7) is 1.96. The number of carbonyl (C=O) groups is 1. The van der Waals surface area contributed by atoms with E-state index in [9.17, 15) is 9.90 Å². The Labute approximate surface area is 172 Å². The van der Waals surface area contributed by atoms with Crippen LogP contribution in [0.5, 0.6) is 0 Å². The average Bonchev–Trinajstić information content (AvgIpc) is 2.77. The Morgan fingerprint density at radius 3 is 1.53 bits per heavy atom. The van der Waals surface area contributed by atoms with Crippen LogP contribution in [0.15, 0.2) is 66.7 Å². The van der Waals surface area contributed by atoms with Crippen molar-refractivity contribution in [1.82, 2.24) is 0 Å². The quantitative estimate of drug-likeness (QED) is 0.252. The molecule has 0 aliphatic carbocycles.